The molecule has 0 amide bonds. The number of hydrogen-bond acceptors (Lipinski definition) is 3. The first-order valence-electron chi connectivity index (χ1n) is 5.30. The van der Waals surface area contributed by atoms with Crippen LogP contribution in [0.15, 0.2) is 12.3 Å². The fourth-order valence-corrected chi connectivity index (χ4v) is 2.84. The summed E-state index contributed by atoms with van der Waals surface area (Å²) in [6, 6.07) is 2.24. The van der Waals surface area contributed by atoms with Gasteiger partial charge in [-0.15, -0.1) is 24.8 Å². The molecule has 1 saturated heterocycles. The van der Waals surface area contributed by atoms with Crippen LogP contribution in [0.1, 0.15) is 24.6 Å². The maximum Gasteiger partial charge on any atom is 0.0558 e. The Morgan fingerprint density at radius 3 is 2.69 bits per heavy atom. The lowest BCUT2D eigenvalue weighted by atomic mass is 9.74. The monoisotopic (exact) mass is 264 g/mol. The van der Waals surface area contributed by atoms with Gasteiger partial charge in [0.1, 0.15) is 0 Å². The van der Waals surface area contributed by atoms with Crippen molar-refractivity contribution in [1.29, 1.82) is 0 Å². The molecule has 1 aromatic heterocycles. The fourth-order valence-electron chi connectivity index (χ4n) is 2.84. The predicted molar refractivity (Wildman–Crippen MR) is 68.2 cm³/mol. The van der Waals surface area contributed by atoms with Crippen molar-refractivity contribution in [2.45, 2.75) is 25.4 Å². The maximum atomic E-state index is 6.31. The van der Waals surface area contributed by atoms with Crippen molar-refractivity contribution in [3.63, 3.8) is 0 Å². The quantitative estimate of drug-likeness (QED) is 0.738. The molecule has 0 aliphatic carbocycles. The fraction of sp³-hybridized carbons (Fsp3) is 0.700. The highest BCUT2D eigenvalue weighted by molar-refractivity contribution is 5.85. The van der Waals surface area contributed by atoms with E-state index in [0.29, 0.717) is 0 Å². The Balaban J connectivity index is 0.000000640. The minimum Gasteiger partial charge on any atom is -0.322 e. The summed E-state index contributed by atoms with van der Waals surface area (Å²) >= 11 is 0. The first kappa shape index (κ1) is 13.8. The molecule has 6 heteroatoms. The molecule has 3 heterocycles. The Morgan fingerprint density at radius 1 is 1.38 bits per heavy atom. The van der Waals surface area contributed by atoms with Crippen molar-refractivity contribution < 1.29 is 0 Å². The van der Waals surface area contributed by atoms with E-state index < -0.39 is 0 Å². The Hall–Kier alpha value is -0.290. The Morgan fingerprint density at radius 2 is 2.06 bits per heavy atom. The van der Waals surface area contributed by atoms with Crippen LogP contribution >= 0.6 is 24.8 Å². The van der Waals surface area contributed by atoms with Crippen LogP contribution in [0.5, 0.6) is 0 Å². The summed E-state index contributed by atoms with van der Waals surface area (Å²) in [4.78, 5) is 0. The lowest BCUT2D eigenvalue weighted by molar-refractivity contribution is 0.158. The maximum absolute atomic E-state index is 6.31. The van der Waals surface area contributed by atoms with Crippen LogP contribution in [-0.4, -0.2) is 22.9 Å². The van der Waals surface area contributed by atoms with Crippen LogP contribution in [-0.2, 0) is 6.54 Å². The number of rotatable bonds is 0. The molecule has 0 radical (unpaired) electrons. The third-order valence-corrected chi connectivity index (χ3v) is 3.79. The predicted octanol–water partition coefficient (Wildman–Crippen LogP) is 1.11. The SMILES string of the molecule is Cl.Cl.N[C@@H]1c2ccnn2CC12CCNCC2. The molecule has 2 aliphatic heterocycles. The Labute approximate surface area is 108 Å². The van der Waals surface area contributed by atoms with Crippen LogP contribution in [0, 0.1) is 5.41 Å². The second-order valence-corrected chi connectivity index (χ2v) is 4.50. The summed E-state index contributed by atoms with van der Waals surface area (Å²) in [5.74, 6) is 0. The molecule has 0 unspecified atom stereocenters. The minimum absolute atomic E-state index is 0. The zero-order valence-electron chi connectivity index (χ0n) is 9.06. The zero-order chi connectivity index (χ0) is 9.60. The highest BCUT2D eigenvalue weighted by atomic mass is 35.5. The lowest BCUT2D eigenvalue weighted by Gasteiger charge is -2.36. The van der Waals surface area contributed by atoms with E-state index in [-0.39, 0.29) is 36.3 Å². The van der Waals surface area contributed by atoms with Crippen LogP contribution in [0.2, 0.25) is 0 Å². The first-order chi connectivity index (χ1) is 6.82. The standard InChI is InChI=1S/C10H16N4.2ClH/c11-9-8-1-4-13-14(8)7-10(9)2-5-12-6-3-10;;/h1,4,9,12H,2-3,5-7,11H2;2*1H/t9-;;/m1../s1. The van der Waals surface area contributed by atoms with Crippen molar-refractivity contribution in [3.8, 4) is 0 Å². The molecule has 3 N–H and O–H groups in total. The topological polar surface area (TPSA) is 55.9 Å². The van der Waals surface area contributed by atoms with Crippen molar-refractivity contribution in [2.24, 2.45) is 11.1 Å². The average Bonchev–Trinajstić information content (AvgIpc) is 2.73. The molecule has 1 spiro atoms. The van der Waals surface area contributed by atoms with Crippen molar-refractivity contribution in [3.05, 3.63) is 18.0 Å². The molecular formula is C10H18Cl2N4. The van der Waals surface area contributed by atoms with Crippen molar-refractivity contribution >= 4 is 24.8 Å². The van der Waals surface area contributed by atoms with Gasteiger partial charge in [0, 0.05) is 18.2 Å². The number of nitrogens with two attached hydrogens (primary N) is 1. The van der Waals surface area contributed by atoms with E-state index in [1.807, 2.05) is 6.20 Å². The van der Waals surface area contributed by atoms with Gasteiger partial charge in [-0.05, 0) is 32.0 Å². The molecule has 3 rings (SSSR count). The smallest absolute Gasteiger partial charge is 0.0558 e. The molecule has 16 heavy (non-hydrogen) atoms. The van der Waals surface area contributed by atoms with Crippen LogP contribution in [0.4, 0.5) is 0 Å². The Kier molecular flexibility index (Phi) is 4.23. The number of nitrogens with zero attached hydrogens (tertiary/aromatic N) is 2. The van der Waals surface area contributed by atoms with Gasteiger partial charge in [-0.3, -0.25) is 4.68 Å². The van der Waals surface area contributed by atoms with Gasteiger partial charge in [-0.25, -0.2) is 0 Å². The second-order valence-electron chi connectivity index (χ2n) is 4.50. The van der Waals surface area contributed by atoms with E-state index in [4.69, 9.17) is 5.73 Å². The summed E-state index contributed by atoms with van der Waals surface area (Å²) < 4.78 is 2.08. The molecule has 0 bridgehead atoms. The Bertz CT molecular complexity index is 346. The number of piperidine rings is 1. The van der Waals surface area contributed by atoms with E-state index in [1.165, 1.54) is 18.5 Å². The summed E-state index contributed by atoms with van der Waals surface area (Å²) in [5.41, 5.74) is 7.81. The van der Waals surface area contributed by atoms with Gasteiger partial charge in [-0.2, -0.15) is 5.10 Å². The number of aromatic nitrogens is 2. The van der Waals surface area contributed by atoms with Crippen LogP contribution < -0.4 is 11.1 Å². The summed E-state index contributed by atoms with van der Waals surface area (Å²) in [7, 11) is 0. The van der Waals surface area contributed by atoms with Gasteiger partial charge in [0.05, 0.1) is 11.7 Å². The summed E-state index contributed by atoms with van der Waals surface area (Å²) in [6.07, 6.45) is 4.21. The largest absolute Gasteiger partial charge is 0.322 e. The van der Waals surface area contributed by atoms with Crippen LogP contribution in [0.3, 0.4) is 0 Å². The molecule has 92 valence electrons. The summed E-state index contributed by atoms with van der Waals surface area (Å²) in [6.45, 7) is 3.20. The van der Waals surface area contributed by atoms with Gasteiger partial charge in [0.2, 0.25) is 0 Å². The lowest BCUT2D eigenvalue weighted by Crippen LogP contribution is -2.42. The van der Waals surface area contributed by atoms with Gasteiger partial charge < -0.3 is 11.1 Å². The van der Waals surface area contributed by atoms with E-state index in [1.54, 1.807) is 0 Å². The third kappa shape index (κ3) is 1.84. The van der Waals surface area contributed by atoms with Gasteiger partial charge in [0.25, 0.3) is 0 Å². The van der Waals surface area contributed by atoms with Crippen molar-refractivity contribution in [2.75, 3.05) is 13.1 Å². The number of hydrogen-bond donors (Lipinski definition) is 2. The molecule has 0 saturated carbocycles. The summed E-state index contributed by atoms with van der Waals surface area (Å²) in [5, 5.41) is 7.70. The van der Waals surface area contributed by atoms with E-state index in [9.17, 15) is 0 Å². The molecule has 4 nitrogen and oxygen atoms in total. The number of fused-ring (bicyclic) bond motifs is 1. The number of nitrogens with one attached hydrogen (secondary N) is 1. The molecular weight excluding hydrogens is 247 g/mol. The first-order valence-corrected chi connectivity index (χ1v) is 5.30. The molecule has 1 aromatic rings. The minimum atomic E-state index is 0. The highest BCUT2D eigenvalue weighted by Crippen LogP contribution is 2.46. The molecule has 2 aliphatic rings. The highest BCUT2D eigenvalue weighted by Gasteiger charge is 2.45. The normalized spacial score (nSPS) is 25.7. The molecule has 1 fully saturated rings. The van der Waals surface area contributed by atoms with Gasteiger partial charge in [-0.1, -0.05) is 0 Å². The number of halogens is 2. The zero-order valence-corrected chi connectivity index (χ0v) is 10.7. The third-order valence-electron chi connectivity index (χ3n) is 3.79. The van der Waals surface area contributed by atoms with E-state index >= 15 is 0 Å². The van der Waals surface area contributed by atoms with Gasteiger partial charge >= 0.3 is 0 Å². The van der Waals surface area contributed by atoms with E-state index in [2.05, 4.69) is 21.2 Å². The van der Waals surface area contributed by atoms with Crippen molar-refractivity contribution in [1.82, 2.24) is 15.1 Å². The van der Waals surface area contributed by atoms with E-state index in [0.717, 1.165) is 19.6 Å². The van der Waals surface area contributed by atoms with Crippen LogP contribution in [0.25, 0.3) is 0 Å². The average molecular weight is 265 g/mol. The van der Waals surface area contributed by atoms with Gasteiger partial charge in [0.15, 0.2) is 0 Å². The molecule has 1 atom stereocenters. The molecule has 0 aromatic carbocycles. The second kappa shape index (κ2) is 4.92.